The van der Waals surface area contributed by atoms with Gasteiger partial charge < -0.3 is 97.6 Å². The first-order valence-electron chi connectivity index (χ1n) is 25.0. The van der Waals surface area contributed by atoms with Crippen molar-refractivity contribution in [2.45, 2.75) is 171 Å². The summed E-state index contributed by atoms with van der Waals surface area (Å²) < 4.78 is 57.1. The average molecular weight is 1220 g/mol. The third-order valence-corrected chi connectivity index (χ3v) is 14.7. The number of carboxylic acid groups (broad SMARTS) is 2. The summed E-state index contributed by atoms with van der Waals surface area (Å²) in [6, 6.07) is -9.20. The average Bonchev–Trinajstić information content (AvgIpc) is 3.89. The Morgan fingerprint density at radius 2 is 1.35 bits per heavy atom. The number of aliphatic hydroxyl groups excluding tert-OH is 4. The lowest BCUT2D eigenvalue weighted by Crippen LogP contribution is -2.66. The van der Waals surface area contributed by atoms with E-state index >= 15 is 0 Å². The van der Waals surface area contributed by atoms with Crippen molar-refractivity contribution < 1.29 is 120 Å². The fourth-order valence-corrected chi connectivity index (χ4v) is 9.75. The number of phosphoric acid groups is 2. The number of H-pyrrole nitrogens is 1. The van der Waals surface area contributed by atoms with Crippen LogP contribution in [0.25, 0.3) is 0 Å². The van der Waals surface area contributed by atoms with Gasteiger partial charge in [0.05, 0.1) is 19.3 Å². The summed E-state index contributed by atoms with van der Waals surface area (Å²) in [6.45, 7) is 4.80. The van der Waals surface area contributed by atoms with Gasteiger partial charge in [-0.25, -0.2) is 18.7 Å². The number of aromatic amines is 1. The lowest BCUT2D eigenvalue weighted by atomic mass is 9.96. The lowest BCUT2D eigenvalue weighted by molar-refractivity contribution is -0.261. The van der Waals surface area contributed by atoms with Gasteiger partial charge >= 0.3 is 33.3 Å². The Labute approximate surface area is 464 Å². The van der Waals surface area contributed by atoms with Gasteiger partial charge in [-0.3, -0.25) is 61.7 Å². The summed E-state index contributed by atoms with van der Waals surface area (Å²) in [6.07, 6.45) is -17.0. The Morgan fingerprint density at radius 1 is 0.744 bits per heavy atom. The maximum Gasteiger partial charge on any atom is 0.483 e. The fraction of sp³-hybridized carbons (Fsp3) is 0.698. The summed E-state index contributed by atoms with van der Waals surface area (Å²) in [7, 11) is -11.7. The Morgan fingerprint density at radius 3 is 1.93 bits per heavy atom. The number of hydrogen-bond acceptors (Lipinski definition) is 24. The molecule has 2 aliphatic rings. The Hall–Kier alpha value is -6.15. The van der Waals surface area contributed by atoms with Crippen LogP contribution in [0.5, 0.6) is 0 Å². The van der Waals surface area contributed by atoms with E-state index in [0.717, 1.165) is 33.0 Å². The van der Waals surface area contributed by atoms with Gasteiger partial charge in [-0.15, -0.1) is 0 Å². The van der Waals surface area contributed by atoms with Crippen LogP contribution in [0.3, 0.4) is 0 Å². The minimum Gasteiger partial charge on any atom is -0.480 e. The third kappa shape index (κ3) is 21.6. The molecule has 1 aromatic heterocycles. The Bertz CT molecular complexity index is 2660. The first kappa shape index (κ1) is 70.1. The number of nitrogens with two attached hydrogens (primary N) is 1. The number of carbonyl (C=O) groups excluding carboxylic acids is 7. The summed E-state index contributed by atoms with van der Waals surface area (Å²) in [5, 5.41) is 77.2. The van der Waals surface area contributed by atoms with Crippen LogP contribution >= 0.6 is 15.6 Å². The summed E-state index contributed by atoms with van der Waals surface area (Å²) >= 11 is 0. The molecule has 0 radical (unpaired) electrons. The first-order chi connectivity index (χ1) is 38.1. The predicted octanol–water partition coefficient (Wildman–Crippen LogP) is -7.17. The first-order valence-corrected chi connectivity index (χ1v) is 28.0. The zero-order chi connectivity index (χ0) is 62.1. The Balaban J connectivity index is 1.66. The van der Waals surface area contributed by atoms with Crippen molar-refractivity contribution in [1.82, 2.24) is 46.8 Å². The van der Waals surface area contributed by atoms with Crippen LogP contribution in [0.15, 0.2) is 21.9 Å². The van der Waals surface area contributed by atoms with Gasteiger partial charge in [-0.05, 0) is 60.3 Å². The van der Waals surface area contributed by atoms with Crippen molar-refractivity contribution in [3.8, 4) is 0 Å². The number of carboxylic acids is 2. The summed E-state index contributed by atoms with van der Waals surface area (Å²) in [5.41, 5.74) is 3.64. The molecule has 2 aliphatic heterocycles. The fourth-order valence-electron chi connectivity index (χ4n) is 7.59. The molecule has 82 heavy (non-hydrogen) atoms. The molecule has 3 rings (SSSR count). The smallest absolute Gasteiger partial charge is 0.480 e. The van der Waals surface area contributed by atoms with Crippen molar-refractivity contribution in [1.29, 1.82) is 0 Å². The number of rotatable bonds is 32. The van der Waals surface area contributed by atoms with E-state index in [1.807, 2.05) is 4.98 Å². The van der Waals surface area contributed by atoms with Crippen LogP contribution in [-0.2, 0) is 79.8 Å². The lowest BCUT2D eigenvalue weighted by Gasteiger charge is -2.44. The van der Waals surface area contributed by atoms with Gasteiger partial charge in [0.15, 0.2) is 12.5 Å². The predicted molar refractivity (Wildman–Crippen MR) is 270 cm³/mol. The highest BCUT2D eigenvalue weighted by atomic mass is 31.3. The zero-order valence-corrected chi connectivity index (χ0v) is 46.6. The highest BCUT2D eigenvalue weighted by Gasteiger charge is 2.52. The molecule has 18 atom stereocenters. The molecule has 0 spiro atoms. The second-order valence-electron chi connectivity index (χ2n) is 18.8. The number of nitrogens with zero attached hydrogens (tertiary/aromatic N) is 1. The number of phosphoric ester groups is 2. The van der Waals surface area contributed by atoms with E-state index in [4.69, 9.17) is 29.6 Å². The van der Waals surface area contributed by atoms with Crippen molar-refractivity contribution in [3.05, 3.63) is 33.1 Å². The SMILES string of the molecule is CC(=O)N[C@H]1[C@@H](OP(=O)(O)OP(=O)(O)OC[C@H]2O[C@@H](n3ccc(=O)[nH]c3=O)[C@H](O)[C@@H]2O)O[C@H](CO)[C@@H](O)[C@@H]1O[C@H](C)C(=O)N[C@@H](C)C(=O)N[C@H](CCC(=O)N[C@@H](CCCCNC(=O)[C@H](C)N)C(=O)N[C@H](C)C(=O)N[C@H](C)C(=O)O)C(=O)O. The normalized spacial score (nSPS) is 25.6. The van der Waals surface area contributed by atoms with Gasteiger partial charge in [0, 0.05) is 32.2 Å². The summed E-state index contributed by atoms with van der Waals surface area (Å²) in [4.78, 5) is 160. The number of ether oxygens (including phenoxy) is 3. The highest BCUT2D eigenvalue weighted by Crippen LogP contribution is 2.61. The molecular weight excluding hydrogens is 1150 g/mol. The number of carbonyl (C=O) groups is 9. The molecule has 464 valence electrons. The molecule has 1 aromatic rings. The monoisotopic (exact) mass is 1220 g/mol. The Kier molecular flexibility index (Phi) is 26.9. The zero-order valence-electron chi connectivity index (χ0n) is 44.8. The van der Waals surface area contributed by atoms with Crippen LogP contribution in [0.1, 0.15) is 79.9 Å². The van der Waals surface area contributed by atoms with Crippen LogP contribution in [0, 0.1) is 0 Å². The van der Waals surface area contributed by atoms with Crippen LogP contribution in [0.2, 0.25) is 0 Å². The van der Waals surface area contributed by atoms with Gasteiger partial charge in [0.25, 0.3) is 5.56 Å². The van der Waals surface area contributed by atoms with Crippen molar-refractivity contribution >= 4 is 68.9 Å². The molecule has 39 heteroatoms. The number of aliphatic carboxylic acids is 2. The summed E-state index contributed by atoms with van der Waals surface area (Å²) in [5.74, 6) is -9.36. The van der Waals surface area contributed by atoms with Crippen LogP contribution in [-0.4, -0.2) is 214 Å². The standard InChI is InChI=1S/C43H70N10O27P2/c1-17(44)34(61)45-13-8-7-9-23(38(65)47-18(2)35(62)48-20(4)40(66)67)50-27(56)11-10-24(41(68)69)51-36(63)19(3)46-37(64)21(5)76-33-29(49-22(6)55)42(78-25(15-54)31(33)59)79-82(73,74)80-81(71,72)75-16-26-30(58)32(60)39(77-26)53-14-12-28(57)52-43(53)70/h12,14,17-21,23-26,29-33,39,42,54,58-60H,7-11,13,15-16,44H2,1-6H3,(H,45,61)(H,46,64)(H,47,65)(H,48,62)(H,49,55)(H,50,56)(H,51,63)(H,66,67)(H,68,69)(H,71,72)(H,73,74)(H,52,57,70)/t17-,18+,19-,20+,21+,23-,24+,25+,26+,29+,30+,31+,32+,33+,39+,42+/m0/s1. The second kappa shape index (κ2) is 31.5. The topological polar surface area (TPSA) is 570 Å². The van der Waals surface area contributed by atoms with E-state index < -0.39 is 204 Å². The highest BCUT2D eigenvalue weighted by molar-refractivity contribution is 7.61. The molecule has 0 bridgehead atoms. The van der Waals surface area contributed by atoms with Crippen LogP contribution in [0.4, 0.5) is 0 Å². The third-order valence-electron chi connectivity index (χ3n) is 12.1. The molecule has 0 saturated carbocycles. The number of hydrogen-bond donors (Lipinski definition) is 17. The minimum atomic E-state index is -5.96. The van der Waals surface area contributed by atoms with Gasteiger partial charge in [-0.1, -0.05) is 0 Å². The molecule has 3 heterocycles. The quantitative estimate of drug-likeness (QED) is 0.0235. The molecule has 2 fully saturated rings. The number of aromatic nitrogens is 2. The van der Waals surface area contributed by atoms with Gasteiger partial charge in [0.1, 0.15) is 79.0 Å². The molecule has 2 saturated heterocycles. The second-order valence-corrected chi connectivity index (χ2v) is 21.8. The molecule has 2 unspecified atom stereocenters. The van der Waals surface area contributed by atoms with Gasteiger partial charge in [-0.2, -0.15) is 4.31 Å². The molecule has 7 amide bonds. The number of amides is 7. The maximum absolute atomic E-state index is 13.4. The molecular formula is C43H70N10O27P2. The van der Waals surface area contributed by atoms with Crippen LogP contribution < -0.4 is 54.2 Å². The molecule has 18 N–H and O–H groups in total. The van der Waals surface area contributed by atoms with E-state index in [1.54, 1.807) is 0 Å². The van der Waals surface area contributed by atoms with E-state index in [0.29, 0.717) is 11.0 Å². The van der Waals surface area contributed by atoms with Crippen molar-refractivity contribution in [3.63, 3.8) is 0 Å². The van der Waals surface area contributed by atoms with Crippen molar-refractivity contribution in [2.24, 2.45) is 5.73 Å². The molecule has 37 nitrogen and oxygen atoms in total. The largest absolute Gasteiger partial charge is 0.483 e. The molecule has 0 aliphatic carbocycles. The number of nitrogens with one attached hydrogen (secondary N) is 8. The van der Waals surface area contributed by atoms with E-state index in [-0.39, 0.29) is 19.4 Å². The minimum absolute atomic E-state index is 0.0665. The number of unbranched alkanes of at least 4 members (excludes halogenated alkanes) is 1. The van der Waals surface area contributed by atoms with E-state index in [1.165, 1.54) is 20.8 Å². The maximum atomic E-state index is 13.4. The molecule has 0 aromatic carbocycles. The van der Waals surface area contributed by atoms with E-state index in [9.17, 15) is 97.2 Å². The van der Waals surface area contributed by atoms with E-state index in [2.05, 4.69) is 46.1 Å². The van der Waals surface area contributed by atoms with Crippen molar-refractivity contribution in [2.75, 3.05) is 19.8 Å². The number of aliphatic hydroxyl groups is 4. The van der Waals surface area contributed by atoms with Gasteiger partial charge in [0.2, 0.25) is 41.4 Å².